The molecule has 2 aromatic rings. The topological polar surface area (TPSA) is 41.1 Å². The van der Waals surface area contributed by atoms with Gasteiger partial charge >= 0.3 is 0 Å². The summed E-state index contributed by atoms with van der Waals surface area (Å²) in [7, 11) is 0. The molecule has 0 saturated carbocycles. The normalized spacial score (nSPS) is 11.8. The van der Waals surface area contributed by atoms with E-state index in [1.807, 2.05) is 69.3 Å². The van der Waals surface area contributed by atoms with E-state index in [9.17, 15) is 4.79 Å². The van der Waals surface area contributed by atoms with Crippen LogP contribution in [0.15, 0.2) is 48.5 Å². The molecule has 2 aromatic carbocycles. The third-order valence-corrected chi connectivity index (χ3v) is 3.11. The van der Waals surface area contributed by atoms with Gasteiger partial charge in [0.2, 0.25) is 5.91 Å². The van der Waals surface area contributed by atoms with Gasteiger partial charge in [0.05, 0.1) is 0 Å². The zero-order valence-electron chi connectivity index (χ0n) is 12.1. The average Bonchev–Trinajstić information content (AvgIpc) is 2.41. The van der Waals surface area contributed by atoms with Gasteiger partial charge in [0.15, 0.2) is 0 Å². The van der Waals surface area contributed by atoms with E-state index in [1.54, 1.807) is 0 Å². The summed E-state index contributed by atoms with van der Waals surface area (Å²) in [5.41, 5.74) is 4.12. The highest BCUT2D eigenvalue weighted by atomic mass is 16.2. The predicted octanol–water partition coefficient (Wildman–Crippen LogP) is 3.74. The quantitative estimate of drug-likeness (QED) is 0.886. The second-order valence-electron chi connectivity index (χ2n) is 5.09. The van der Waals surface area contributed by atoms with Crippen molar-refractivity contribution in [3.8, 4) is 0 Å². The standard InChI is InChI=1S/C17H20N2O/c1-12-7-9-15(10-8-12)19-17(20)14(3)18-16-6-4-5-13(2)11-16/h4-11,14,18H,1-3H3,(H,19,20). The summed E-state index contributed by atoms with van der Waals surface area (Å²) in [6, 6.07) is 15.5. The zero-order valence-corrected chi connectivity index (χ0v) is 12.1. The SMILES string of the molecule is Cc1ccc(NC(=O)C(C)Nc2cccc(C)c2)cc1. The monoisotopic (exact) mass is 268 g/mol. The van der Waals surface area contributed by atoms with Gasteiger partial charge in [-0.05, 0) is 50.6 Å². The number of carbonyl (C=O) groups is 1. The Balaban J connectivity index is 1.96. The van der Waals surface area contributed by atoms with E-state index < -0.39 is 0 Å². The van der Waals surface area contributed by atoms with Crippen molar-refractivity contribution in [1.82, 2.24) is 0 Å². The number of hydrogen-bond acceptors (Lipinski definition) is 2. The van der Waals surface area contributed by atoms with Crippen molar-refractivity contribution in [1.29, 1.82) is 0 Å². The van der Waals surface area contributed by atoms with Crippen molar-refractivity contribution >= 4 is 17.3 Å². The number of anilines is 2. The number of carbonyl (C=O) groups excluding carboxylic acids is 1. The lowest BCUT2D eigenvalue weighted by Gasteiger charge is -2.15. The maximum absolute atomic E-state index is 12.1. The molecule has 0 spiro atoms. The lowest BCUT2D eigenvalue weighted by Crippen LogP contribution is -2.31. The zero-order chi connectivity index (χ0) is 14.5. The summed E-state index contributed by atoms with van der Waals surface area (Å²) in [6.07, 6.45) is 0. The van der Waals surface area contributed by atoms with Crippen LogP contribution in [0.5, 0.6) is 0 Å². The maximum Gasteiger partial charge on any atom is 0.246 e. The van der Waals surface area contributed by atoms with E-state index >= 15 is 0 Å². The molecule has 0 bridgehead atoms. The number of benzene rings is 2. The van der Waals surface area contributed by atoms with Crippen molar-refractivity contribution in [2.75, 3.05) is 10.6 Å². The maximum atomic E-state index is 12.1. The molecule has 104 valence electrons. The molecule has 3 nitrogen and oxygen atoms in total. The minimum absolute atomic E-state index is 0.0460. The Hall–Kier alpha value is -2.29. The van der Waals surface area contributed by atoms with E-state index in [4.69, 9.17) is 0 Å². The first-order valence-corrected chi connectivity index (χ1v) is 6.75. The van der Waals surface area contributed by atoms with Crippen LogP contribution < -0.4 is 10.6 Å². The molecule has 2 N–H and O–H groups in total. The average molecular weight is 268 g/mol. The van der Waals surface area contributed by atoms with Crippen LogP contribution >= 0.6 is 0 Å². The van der Waals surface area contributed by atoms with Crippen molar-refractivity contribution < 1.29 is 4.79 Å². The molecule has 0 aliphatic heterocycles. The van der Waals surface area contributed by atoms with Crippen LogP contribution in [0.3, 0.4) is 0 Å². The summed E-state index contributed by atoms with van der Waals surface area (Å²) >= 11 is 0. The molecule has 3 heteroatoms. The molecular weight excluding hydrogens is 248 g/mol. The van der Waals surface area contributed by atoms with Gasteiger partial charge in [-0.25, -0.2) is 0 Å². The van der Waals surface area contributed by atoms with E-state index in [-0.39, 0.29) is 11.9 Å². The molecule has 0 fully saturated rings. The molecule has 1 unspecified atom stereocenters. The number of amides is 1. The molecule has 0 aliphatic rings. The van der Waals surface area contributed by atoms with Gasteiger partial charge in [0, 0.05) is 11.4 Å². The third kappa shape index (κ3) is 3.85. The Morgan fingerprint density at radius 1 is 0.950 bits per heavy atom. The van der Waals surface area contributed by atoms with Crippen molar-refractivity contribution in [2.24, 2.45) is 0 Å². The molecule has 0 aromatic heterocycles. The van der Waals surface area contributed by atoms with Crippen molar-refractivity contribution in [3.05, 3.63) is 59.7 Å². The molecule has 1 amide bonds. The summed E-state index contributed by atoms with van der Waals surface area (Å²) in [6.45, 7) is 5.90. The largest absolute Gasteiger partial charge is 0.374 e. The van der Waals surface area contributed by atoms with Crippen LogP contribution in [0.2, 0.25) is 0 Å². The van der Waals surface area contributed by atoms with Crippen LogP contribution in [-0.2, 0) is 4.79 Å². The van der Waals surface area contributed by atoms with Gasteiger partial charge in [0.1, 0.15) is 6.04 Å². The highest BCUT2D eigenvalue weighted by molar-refractivity contribution is 5.96. The number of nitrogens with one attached hydrogen (secondary N) is 2. The number of rotatable bonds is 4. The summed E-state index contributed by atoms with van der Waals surface area (Å²) in [4.78, 5) is 12.1. The van der Waals surface area contributed by atoms with Crippen LogP contribution in [0.25, 0.3) is 0 Å². The van der Waals surface area contributed by atoms with E-state index in [0.29, 0.717) is 0 Å². The molecule has 0 radical (unpaired) electrons. The highest BCUT2D eigenvalue weighted by Gasteiger charge is 2.12. The van der Waals surface area contributed by atoms with Crippen LogP contribution in [0.1, 0.15) is 18.1 Å². The molecule has 2 rings (SSSR count). The lowest BCUT2D eigenvalue weighted by atomic mass is 10.2. The van der Waals surface area contributed by atoms with Gasteiger partial charge in [-0.1, -0.05) is 29.8 Å². The number of hydrogen-bond donors (Lipinski definition) is 2. The second kappa shape index (κ2) is 6.24. The Bertz CT molecular complexity index is 590. The minimum atomic E-state index is -0.293. The van der Waals surface area contributed by atoms with Crippen molar-refractivity contribution in [2.45, 2.75) is 26.8 Å². The molecular formula is C17H20N2O. The molecule has 0 saturated heterocycles. The fourth-order valence-corrected chi connectivity index (χ4v) is 1.94. The van der Waals surface area contributed by atoms with Gasteiger partial charge in [-0.2, -0.15) is 0 Å². The van der Waals surface area contributed by atoms with Gasteiger partial charge < -0.3 is 10.6 Å². The Morgan fingerprint density at radius 2 is 1.65 bits per heavy atom. The fraction of sp³-hybridized carbons (Fsp3) is 0.235. The molecule has 20 heavy (non-hydrogen) atoms. The van der Waals surface area contributed by atoms with E-state index in [2.05, 4.69) is 10.6 Å². The first-order chi connectivity index (χ1) is 9.54. The van der Waals surface area contributed by atoms with E-state index in [0.717, 1.165) is 11.4 Å². The van der Waals surface area contributed by atoms with Crippen LogP contribution in [0, 0.1) is 13.8 Å². The highest BCUT2D eigenvalue weighted by Crippen LogP contribution is 2.13. The molecule has 0 heterocycles. The van der Waals surface area contributed by atoms with E-state index in [1.165, 1.54) is 11.1 Å². The second-order valence-corrected chi connectivity index (χ2v) is 5.09. The molecule has 1 atom stereocenters. The summed E-state index contributed by atoms with van der Waals surface area (Å²) in [5.74, 6) is -0.0460. The Morgan fingerprint density at radius 3 is 2.30 bits per heavy atom. The first kappa shape index (κ1) is 14.1. The lowest BCUT2D eigenvalue weighted by molar-refractivity contribution is -0.116. The Labute approximate surface area is 120 Å². The van der Waals surface area contributed by atoms with Gasteiger partial charge in [-0.3, -0.25) is 4.79 Å². The minimum Gasteiger partial charge on any atom is -0.374 e. The molecule has 0 aliphatic carbocycles. The fourth-order valence-electron chi connectivity index (χ4n) is 1.94. The summed E-state index contributed by atoms with van der Waals surface area (Å²) < 4.78 is 0. The van der Waals surface area contributed by atoms with Crippen LogP contribution in [0.4, 0.5) is 11.4 Å². The smallest absolute Gasteiger partial charge is 0.246 e. The van der Waals surface area contributed by atoms with Gasteiger partial charge in [0.25, 0.3) is 0 Å². The Kier molecular flexibility index (Phi) is 4.41. The predicted molar refractivity (Wildman–Crippen MR) is 84.1 cm³/mol. The third-order valence-electron chi connectivity index (χ3n) is 3.11. The van der Waals surface area contributed by atoms with Gasteiger partial charge in [-0.15, -0.1) is 0 Å². The first-order valence-electron chi connectivity index (χ1n) is 6.75. The van der Waals surface area contributed by atoms with Crippen molar-refractivity contribution in [3.63, 3.8) is 0 Å². The number of aryl methyl sites for hydroxylation is 2. The van der Waals surface area contributed by atoms with Crippen LogP contribution in [-0.4, -0.2) is 11.9 Å². The summed E-state index contributed by atoms with van der Waals surface area (Å²) in [5, 5.41) is 6.10.